The highest BCUT2D eigenvalue weighted by Gasteiger charge is 2.20. The summed E-state index contributed by atoms with van der Waals surface area (Å²) in [6, 6.07) is 10.9. The third-order valence-electron chi connectivity index (χ3n) is 3.68. The summed E-state index contributed by atoms with van der Waals surface area (Å²) in [6.45, 7) is 2.12. The number of amides is 1. The third-order valence-corrected chi connectivity index (χ3v) is 4.74. The maximum atomic E-state index is 12.2. The first-order valence-electron chi connectivity index (χ1n) is 7.90. The Morgan fingerprint density at radius 3 is 2.77 bits per heavy atom. The molecule has 0 aliphatic heterocycles. The molecule has 0 unspecified atom stereocenters. The number of nitrogen functional groups attached to an aromatic ring is 1. The maximum Gasteiger partial charge on any atom is 0.233 e. The minimum atomic E-state index is -0.389. The van der Waals surface area contributed by atoms with Gasteiger partial charge >= 0.3 is 0 Å². The fourth-order valence-corrected chi connectivity index (χ4v) is 3.03. The van der Waals surface area contributed by atoms with Crippen molar-refractivity contribution in [1.82, 2.24) is 20.2 Å². The molecule has 0 aliphatic rings. The van der Waals surface area contributed by atoms with E-state index in [4.69, 9.17) is 15.0 Å². The van der Waals surface area contributed by atoms with Gasteiger partial charge in [-0.1, -0.05) is 11.8 Å². The van der Waals surface area contributed by atoms with Crippen LogP contribution in [-0.4, -0.2) is 33.1 Å². The van der Waals surface area contributed by atoms with Crippen LogP contribution in [0.2, 0.25) is 0 Å². The fraction of sp³-hybridized carbons (Fsp3) is 0.235. The summed E-state index contributed by atoms with van der Waals surface area (Å²) >= 11 is 1.24. The number of methoxy groups -OCH3 is 1. The lowest BCUT2D eigenvalue weighted by Gasteiger charge is -2.10. The predicted molar refractivity (Wildman–Crippen MR) is 98.0 cm³/mol. The summed E-state index contributed by atoms with van der Waals surface area (Å²) in [5.41, 5.74) is 0.808. The highest BCUT2D eigenvalue weighted by molar-refractivity contribution is 8.00. The second-order valence-electron chi connectivity index (χ2n) is 5.46. The molecule has 0 fully saturated rings. The molecule has 2 aromatic heterocycles. The van der Waals surface area contributed by atoms with Crippen molar-refractivity contribution in [3.8, 4) is 17.1 Å². The Morgan fingerprint density at radius 2 is 2.12 bits per heavy atom. The summed E-state index contributed by atoms with van der Waals surface area (Å²) < 4.78 is 11.7. The number of nitrogens with zero attached hydrogens (tertiary/aromatic N) is 3. The van der Waals surface area contributed by atoms with Gasteiger partial charge < -0.3 is 20.3 Å². The largest absolute Gasteiger partial charge is 0.497 e. The monoisotopic (exact) mass is 373 g/mol. The van der Waals surface area contributed by atoms with Gasteiger partial charge in [-0.15, -0.1) is 10.2 Å². The average Bonchev–Trinajstić information content (AvgIpc) is 3.30. The number of carbonyl (C=O) groups excluding carboxylic acids is 1. The number of furan rings is 1. The number of rotatable bonds is 7. The lowest BCUT2D eigenvalue weighted by atomic mass is 10.2. The fourth-order valence-electron chi connectivity index (χ4n) is 2.24. The van der Waals surface area contributed by atoms with Crippen LogP contribution >= 0.6 is 11.8 Å². The van der Waals surface area contributed by atoms with Crippen LogP contribution in [0.25, 0.3) is 11.4 Å². The number of benzene rings is 1. The van der Waals surface area contributed by atoms with Crippen molar-refractivity contribution in [2.45, 2.75) is 23.9 Å². The van der Waals surface area contributed by atoms with Crippen molar-refractivity contribution in [3.63, 3.8) is 0 Å². The lowest BCUT2D eigenvalue weighted by molar-refractivity contribution is -0.120. The Balaban J connectivity index is 1.64. The van der Waals surface area contributed by atoms with Gasteiger partial charge in [-0.05, 0) is 43.3 Å². The van der Waals surface area contributed by atoms with Crippen LogP contribution in [0.4, 0.5) is 0 Å². The zero-order chi connectivity index (χ0) is 18.5. The SMILES string of the molecule is COc1ccc(-c2nnc(S[C@H](C)C(=O)NCc3ccco3)n2N)cc1. The number of thioether (sulfide) groups is 1. The number of hydrogen-bond acceptors (Lipinski definition) is 7. The summed E-state index contributed by atoms with van der Waals surface area (Å²) in [4.78, 5) is 12.2. The highest BCUT2D eigenvalue weighted by Crippen LogP contribution is 2.26. The van der Waals surface area contributed by atoms with Gasteiger partial charge in [-0.3, -0.25) is 4.79 Å². The first-order chi connectivity index (χ1) is 12.6. The van der Waals surface area contributed by atoms with Gasteiger partial charge in [0.2, 0.25) is 11.1 Å². The highest BCUT2D eigenvalue weighted by atomic mass is 32.2. The number of nitrogens with one attached hydrogen (secondary N) is 1. The Bertz CT molecular complexity index is 861. The summed E-state index contributed by atoms with van der Waals surface area (Å²) in [6.07, 6.45) is 1.57. The van der Waals surface area contributed by atoms with Crippen LogP contribution < -0.4 is 15.9 Å². The first kappa shape index (κ1) is 17.9. The van der Waals surface area contributed by atoms with Gasteiger partial charge in [0.1, 0.15) is 11.5 Å². The lowest BCUT2D eigenvalue weighted by Crippen LogP contribution is -2.30. The van der Waals surface area contributed by atoms with Crippen LogP contribution in [0.1, 0.15) is 12.7 Å². The summed E-state index contributed by atoms with van der Waals surface area (Å²) in [7, 11) is 1.60. The van der Waals surface area contributed by atoms with Crippen LogP contribution in [0.3, 0.4) is 0 Å². The zero-order valence-electron chi connectivity index (χ0n) is 14.4. The zero-order valence-corrected chi connectivity index (χ0v) is 15.2. The van der Waals surface area contributed by atoms with Crippen molar-refractivity contribution in [3.05, 3.63) is 48.4 Å². The molecule has 1 aromatic carbocycles. The van der Waals surface area contributed by atoms with Gasteiger partial charge in [-0.2, -0.15) is 0 Å². The Labute approximate surface area is 154 Å². The molecule has 3 aromatic rings. The third kappa shape index (κ3) is 3.99. The molecular weight excluding hydrogens is 354 g/mol. The molecule has 0 spiro atoms. The van der Waals surface area contributed by atoms with Gasteiger partial charge in [0.05, 0.1) is 25.2 Å². The van der Waals surface area contributed by atoms with E-state index in [2.05, 4.69) is 15.5 Å². The van der Waals surface area contributed by atoms with Crippen molar-refractivity contribution in [2.24, 2.45) is 0 Å². The van der Waals surface area contributed by atoms with E-state index in [1.165, 1.54) is 16.4 Å². The molecule has 0 radical (unpaired) electrons. The van der Waals surface area contributed by atoms with Gasteiger partial charge in [0.25, 0.3) is 0 Å². The molecule has 0 saturated heterocycles. The van der Waals surface area contributed by atoms with Crippen LogP contribution in [-0.2, 0) is 11.3 Å². The molecular formula is C17H19N5O3S. The standard InChI is InChI=1S/C17H19N5O3S/c1-11(16(23)19-10-14-4-3-9-25-14)26-17-21-20-15(22(17)18)12-5-7-13(24-2)8-6-12/h3-9,11H,10,18H2,1-2H3,(H,19,23)/t11-/m1/s1. The first-order valence-corrected chi connectivity index (χ1v) is 8.78. The van der Waals surface area contributed by atoms with E-state index < -0.39 is 0 Å². The average molecular weight is 373 g/mol. The van der Waals surface area contributed by atoms with Crippen molar-refractivity contribution in [1.29, 1.82) is 0 Å². The van der Waals surface area contributed by atoms with E-state index in [-0.39, 0.29) is 11.2 Å². The van der Waals surface area contributed by atoms with Gasteiger partial charge in [0, 0.05) is 5.56 Å². The minimum absolute atomic E-state index is 0.139. The second-order valence-corrected chi connectivity index (χ2v) is 6.77. The van der Waals surface area contributed by atoms with Crippen molar-refractivity contribution in [2.75, 3.05) is 13.0 Å². The smallest absolute Gasteiger partial charge is 0.233 e. The predicted octanol–water partition coefficient (Wildman–Crippen LogP) is 2.06. The number of hydrogen-bond donors (Lipinski definition) is 2. The number of carbonyl (C=O) groups is 1. The van der Waals surface area contributed by atoms with E-state index in [1.54, 1.807) is 32.4 Å². The number of nitrogens with two attached hydrogens (primary N) is 1. The molecule has 136 valence electrons. The summed E-state index contributed by atoms with van der Waals surface area (Å²) in [5.74, 6) is 7.91. The van der Waals surface area contributed by atoms with E-state index in [0.717, 1.165) is 11.3 Å². The number of aromatic nitrogens is 3. The molecule has 3 rings (SSSR count). The maximum absolute atomic E-state index is 12.2. The topological polar surface area (TPSA) is 108 Å². The van der Waals surface area contributed by atoms with Crippen molar-refractivity contribution >= 4 is 17.7 Å². The molecule has 0 saturated carbocycles. The molecule has 3 N–H and O–H groups in total. The Hall–Kier alpha value is -2.94. The van der Waals surface area contributed by atoms with Gasteiger partial charge in [-0.25, -0.2) is 4.68 Å². The summed E-state index contributed by atoms with van der Waals surface area (Å²) in [5, 5.41) is 11.1. The molecule has 8 nitrogen and oxygen atoms in total. The Kier molecular flexibility index (Phi) is 5.47. The van der Waals surface area contributed by atoms with E-state index in [0.29, 0.717) is 23.3 Å². The normalized spacial score (nSPS) is 11.9. The number of ether oxygens (including phenoxy) is 1. The molecule has 9 heteroatoms. The minimum Gasteiger partial charge on any atom is -0.497 e. The van der Waals surface area contributed by atoms with Crippen molar-refractivity contribution < 1.29 is 13.9 Å². The Morgan fingerprint density at radius 1 is 1.35 bits per heavy atom. The molecule has 26 heavy (non-hydrogen) atoms. The van der Waals surface area contributed by atoms with Gasteiger partial charge in [0.15, 0.2) is 5.82 Å². The van der Waals surface area contributed by atoms with Crippen LogP contribution in [0.15, 0.2) is 52.2 Å². The molecule has 0 aliphatic carbocycles. The van der Waals surface area contributed by atoms with E-state index in [9.17, 15) is 4.79 Å². The van der Waals surface area contributed by atoms with Crippen LogP contribution in [0, 0.1) is 0 Å². The molecule has 1 amide bonds. The molecule has 0 bridgehead atoms. The molecule has 2 heterocycles. The van der Waals surface area contributed by atoms with Crippen LogP contribution in [0.5, 0.6) is 5.75 Å². The molecule has 1 atom stereocenters. The quantitative estimate of drug-likeness (QED) is 0.482. The second kappa shape index (κ2) is 7.96. The van der Waals surface area contributed by atoms with E-state index >= 15 is 0 Å². The van der Waals surface area contributed by atoms with E-state index in [1.807, 2.05) is 24.3 Å².